The molecule has 3 rings (SSSR count). The summed E-state index contributed by atoms with van der Waals surface area (Å²) >= 11 is 5.16. The molecule has 0 radical (unpaired) electrons. The SMILES string of the molecule is CC.CC1CC2CC(CC(C)(O)C2)C1NC(=O)C(C)(C)N(C)Sc1ccccc1Br. The molecule has 2 aliphatic carbocycles. The van der Waals surface area contributed by atoms with Crippen molar-refractivity contribution in [3.05, 3.63) is 28.7 Å². The first-order valence-corrected chi connectivity index (χ1v) is 12.8. The van der Waals surface area contributed by atoms with Gasteiger partial charge in [0.1, 0.15) is 5.54 Å². The van der Waals surface area contributed by atoms with Gasteiger partial charge in [-0.05, 0) is 111 Å². The van der Waals surface area contributed by atoms with Gasteiger partial charge in [0.25, 0.3) is 0 Å². The topological polar surface area (TPSA) is 52.6 Å². The second kappa shape index (κ2) is 10.4. The number of halogens is 1. The van der Waals surface area contributed by atoms with Gasteiger partial charge >= 0.3 is 0 Å². The number of likely N-dealkylation sites (N-methyl/N-ethyl adjacent to an activating group) is 1. The van der Waals surface area contributed by atoms with Crippen LogP contribution in [0.25, 0.3) is 0 Å². The average Bonchev–Trinajstić information content (AvgIpc) is 2.66. The zero-order valence-electron chi connectivity index (χ0n) is 19.5. The number of fused-ring (bicyclic) bond motifs is 2. The number of benzene rings is 1. The fourth-order valence-corrected chi connectivity index (χ4v) is 6.37. The van der Waals surface area contributed by atoms with E-state index in [2.05, 4.69) is 28.2 Å². The molecule has 0 spiro atoms. The highest BCUT2D eigenvalue weighted by atomic mass is 79.9. The Kier molecular flexibility index (Phi) is 8.88. The predicted molar refractivity (Wildman–Crippen MR) is 130 cm³/mol. The van der Waals surface area contributed by atoms with E-state index in [0.717, 1.165) is 35.1 Å². The molecular weight excluding hydrogens is 460 g/mol. The zero-order valence-corrected chi connectivity index (χ0v) is 21.9. The zero-order chi connectivity index (χ0) is 22.7. The van der Waals surface area contributed by atoms with E-state index in [0.29, 0.717) is 17.8 Å². The minimum absolute atomic E-state index is 0.0510. The number of nitrogens with one attached hydrogen (secondary N) is 1. The molecule has 1 amide bonds. The highest BCUT2D eigenvalue weighted by molar-refractivity contribution is 9.10. The molecule has 4 nitrogen and oxygen atoms in total. The summed E-state index contributed by atoms with van der Waals surface area (Å²) in [5.41, 5.74) is -1.26. The van der Waals surface area contributed by atoms with Crippen LogP contribution in [0.5, 0.6) is 0 Å². The van der Waals surface area contributed by atoms with Gasteiger partial charge in [0.15, 0.2) is 0 Å². The molecule has 1 aromatic rings. The van der Waals surface area contributed by atoms with E-state index >= 15 is 0 Å². The van der Waals surface area contributed by atoms with E-state index in [-0.39, 0.29) is 11.9 Å². The molecule has 2 N–H and O–H groups in total. The molecule has 2 bridgehead atoms. The summed E-state index contributed by atoms with van der Waals surface area (Å²) in [5, 5.41) is 14.0. The van der Waals surface area contributed by atoms with Crippen molar-refractivity contribution in [1.29, 1.82) is 0 Å². The highest BCUT2D eigenvalue weighted by Crippen LogP contribution is 2.46. The maximum atomic E-state index is 13.3. The molecular formula is C24H39BrN2O2S. The summed E-state index contributed by atoms with van der Waals surface area (Å²) in [6.07, 6.45) is 3.87. The third kappa shape index (κ3) is 6.02. The van der Waals surface area contributed by atoms with Gasteiger partial charge in [0, 0.05) is 15.4 Å². The highest BCUT2D eigenvalue weighted by Gasteiger charge is 2.46. The van der Waals surface area contributed by atoms with Crippen molar-refractivity contribution in [3.63, 3.8) is 0 Å². The van der Waals surface area contributed by atoms with Crippen LogP contribution in [0, 0.1) is 17.8 Å². The van der Waals surface area contributed by atoms with Gasteiger partial charge in [-0.25, -0.2) is 4.31 Å². The summed E-state index contributed by atoms with van der Waals surface area (Å²) in [7, 11) is 1.97. The normalized spacial score (nSPS) is 31.0. The fourth-order valence-electron chi connectivity index (χ4n) is 4.97. The summed E-state index contributed by atoms with van der Waals surface area (Å²) in [6, 6.07) is 8.19. The Morgan fingerprint density at radius 1 is 1.27 bits per heavy atom. The second-order valence-corrected chi connectivity index (χ2v) is 11.6. The van der Waals surface area contributed by atoms with Crippen LogP contribution in [0.3, 0.4) is 0 Å². The molecule has 2 aliphatic rings. The number of nitrogens with zero attached hydrogens (tertiary/aromatic N) is 1. The van der Waals surface area contributed by atoms with Crippen molar-refractivity contribution >= 4 is 33.8 Å². The van der Waals surface area contributed by atoms with Crippen LogP contribution in [0.15, 0.2) is 33.6 Å². The maximum Gasteiger partial charge on any atom is 0.241 e. The van der Waals surface area contributed by atoms with Gasteiger partial charge in [-0.2, -0.15) is 0 Å². The Balaban J connectivity index is 0.00000155. The van der Waals surface area contributed by atoms with Gasteiger partial charge in [-0.3, -0.25) is 4.79 Å². The number of aliphatic hydroxyl groups is 1. The molecule has 0 aromatic heterocycles. The third-order valence-electron chi connectivity index (χ3n) is 6.61. The van der Waals surface area contributed by atoms with E-state index < -0.39 is 11.1 Å². The predicted octanol–water partition coefficient (Wildman–Crippen LogP) is 5.88. The second-order valence-electron chi connectivity index (χ2n) is 9.56. The number of rotatable bonds is 5. The van der Waals surface area contributed by atoms with Crippen molar-refractivity contribution in [3.8, 4) is 0 Å². The molecule has 2 saturated carbocycles. The van der Waals surface area contributed by atoms with E-state index in [1.54, 1.807) is 11.9 Å². The third-order valence-corrected chi connectivity index (χ3v) is 8.84. The molecule has 2 fully saturated rings. The molecule has 30 heavy (non-hydrogen) atoms. The lowest BCUT2D eigenvalue weighted by Gasteiger charge is -2.50. The molecule has 6 heteroatoms. The smallest absolute Gasteiger partial charge is 0.241 e. The minimum Gasteiger partial charge on any atom is -0.390 e. The number of hydrogen-bond acceptors (Lipinski definition) is 4. The van der Waals surface area contributed by atoms with Crippen LogP contribution in [0.2, 0.25) is 0 Å². The van der Waals surface area contributed by atoms with E-state index in [9.17, 15) is 9.90 Å². The molecule has 5 unspecified atom stereocenters. The lowest BCUT2D eigenvalue weighted by Crippen LogP contribution is -2.59. The first-order chi connectivity index (χ1) is 14.0. The van der Waals surface area contributed by atoms with Gasteiger partial charge < -0.3 is 10.4 Å². The number of hydrogen-bond donors (Lipinski definition) is 2. The van der Waals surface area contributed by atoms with Gasteiger partial charge in [-0.1, -0.05) is 32.9 Å². The molecule has 5 atom stereocenters. The first-order valence-electron chi connectivity index (χ1n) is 11.2. The Morgan fingerprint density at radius 2 is 1.90 bits per heavy atom. The summed E-state index contributed by atoms with van der Waals surface area (Å²) in [4.78, 5) is 14.4. The Hall–Kier alpha value is -0.560. The van der Waals surface area contributed by atoms with Crippen molar-refractivity contribution in [1.82, 2.24) is 9.62 Å². The average molecular weight is 500 g/mol. The lowest BCUT2D eigenvalue weighted by molar-refractivity contribution is -0.132. The van der Waals surface area contributed by atoms with Crippen LogP contribution in [0.1, 0.15) is 67.2 Å². The van der Waals surface area contributed by atoms with Crippen molar-refractivity contribution in [2.45, 2.75) is 89.3 Å². The Labute approximate surface area is 195 Å². The lowest BCUT2D eigenvalue weighted by atomic mass is 9.61. The van der Waals surface area contributed by atoms with Crippen LogP contribution < -0.4 is 5.32 Å². The first kappa shape index (κ1) is 25.7. The van der Waals surface area contributed by atoms with E-state index in [1.165, 1.54) is 0 Å². The van der Waals surface area contributed by atoms with Crippen LogP contribution in [-0.2, 0) is 4.79 Å². The van der Waals surface area contributed by atoms with Crippen molar-refractivity contribution in [2.24, 2.45) is 17.8 Å². The minimum atomic E-state index is -0.659. The Morgan fingerprint density at radius 3 is 2.53 bits per heavy atom. The summed E-state index contributed by atoms with van der Waals surface area (Å²) in [5.74, 6) is 1.44. The van der Waals surface area contributed by atoms with Crippen molar-refractivity contribution in [2.75, 3.05) is 7.05 Å². The standard InChI is InChI=1S/C22H33BrN2O2S.C2H6/c1-14-10-15-11-16(13-22(4,27)12-15)19(14)24-20(26)21(2,3)25(5)28-18-9-7-6-8-17(18)23;1-2/h6-9,14-16,19,27H,10-13H2,1-5H3,(H,24,26);1-2H3. The number of carbonyl (C=O) groups is 1. The van der Waals surface area contributed by atoms with Crippen molar-refractivity contribution < 1.29 is 9.90 Å². The fraction of sp³-hybridized carbons (Fsp3) is 0.708. The molecule has 0 saturated heterocycles. The monoisotopic (exact) mass is 498 g/mol. The summed E-state index contributed by atoms with van der Waals surface area (Å²) < 4.78 is 3.05. The maximum absolute atomic E-state index is 13.3. The van der Waals surface area contributed by atoms with E-state index in [1.807, 2.05) is 70.2 Å². The molecule has 1 aromatic carbocycles. The van der Waals surface area contributed by atoms with E-state index in [4.69, 9.17) is 0 Å². The molecule has 170 valence electrons. The van der Waals surface area contributed by atoms with Crippen LogP contribution in [-0.4, -0.2) is 39.5 Å². The Bertz CT molecular complexity index is 723. The molecule has 0 heterocycles. The van der Waals surface area contributed by atoms with Gasteiger partial charge in [0.2, 0.25) is 5.91 Å². The quantitative estimate of drug-likeness (QED) is 0.497. The van der Waals surface area contributed by atoms with Crippen LogP contribution >= 0.6 is 27.9 Å². The number of amides is 1. The van der Waals surface area contributed by atoms with Gasteiger partial charge in [-0.15, -0.1) is 0 Å². The van der Waals surface area contributed by atoms with Crippen LogP contribution in [0.4, 0.5) is 0 Å². The largest absolute Gasteiger partial charge is 0.390 e. The molecule has 0 aliphatic heterocycles. The van der Waals surface area contributed by atoms with Gasteiger partial charge in [0.05, 0.1) is 5.60 Å². The summed E-state index contributed by atoms with van der Waals surface area (Å²) in [6.45, 7) is 12.1. The number of carbonyl (C=O) groups excluding carboxylic acids is 1.